The molecule has 0 saturated heterocycles. The van der Waals surface area contributed by atoms with Crippen molar-refractivity contribution >= 4 is 23.1 Å². The highest BCUT2D eigenvalue weighted by atomic mass is 16.6. The third-order valence-electron chi connectivity index (χ3n) is 7.03. The first-order valence-corrected chi connectivity index (χ1v) is 10.5. The van der Waals surface area contributed by atoms with Crippen LogP contribution in [0, 0.1) is 15.0 Å². The number of nitrogens with one attached hydrogen (secondary N) is 1. The van der Waals surface area contributed by atoms with Crippen molar-refractivity contribution in [3.05, 3.63) is 73.7 Å². The molecule has 1 N–H and O–H groups in total. The van der Waals surface area contributed by atoms with Crippen LogP contribution in [0.15, 0.2) is 41.6 Å². The van der Waals surface area contributed by atoms with Crippen molar-refractivity contribution in [2.24, 2.45) is 5.18 Å². The van der Waals surface area contributed by atoms with Crippen LogP contribution in [-0.4, -0.2) is 16.6 Å². The number of hydrogen-bond acceptors (Lipinski definition) is 6. The summed E-state index contributed by atoms with van der Waals surface area (Å²) in [6.07, 6.45) is 1.51. The summed E-state index contributed by atoms with van der Waals surface area (Å²) in [7, 11) is 0. The van der Waals surface area contributed by atoms with Gasteiger partial charge in [0.1, 0.15) is 0 Å². The van der Waals surface area contributed by atoms with Gasteiger partial charge < -0.3 is 5.32 Å². The van der Waals surface area contributed by atoms with Crippen molar-refractivity contribution in [3.63, 3.8) is 0 Å². The number of carbonyl (C=O) groups excluding carboxylic acids is 2. The Morgan fingerprint density at radius 2 is 1.69 bits per heavy atom. The Balaban J connectivity index is 1.75. The lowest BCUT2D eigenvalue weighted by Gasteiger charge is -2.42. The number of benzene rings is 2. The molecule has 0 bridgehead atoms. The maximum absolute atomic E-state index is 13.3. The molecule has 8 heteroatoms. The lowest BCUT2D eigenvalue weighted by molar-refractivity contribution is -0.384. The van der Waals surface area contributed by atoms with Crippen LogP contribution < -0.4 is 5.32 Å². The van der Waals surface area contributed by atoms with Gasteiger partial charge in [0, 0.05) is 28.9 Å². The number of anilines is 1. The number of nitro groups is 1. The minimum atomic E-state index is -2.04. The highest BCUT2D eigenvalue weighted by Crippen LogP contribution is 2.47. The zero-order chi connectivity index (χ0) is 23.5. The predicted octanol–water partition coefficient (Wildman–Crippen LogP) is 5.13. The maximum Gasteiger partial charge on any atom is 0.269 e. The van der Waals surface area contributed by atoms with Crippen LogP contribution in [0.2, 0.25) is 0 Å². The number of carbonyl (C=O) groups is 2. The molecule has 1 aliphatic carbocycles. The summed E-state index contributed by atoms with van der Waals surface area (Å²) in [6, 6.07) is 9.27. The van der Waals surface area contributed by atoms with Gasteiger partial charge in [-0.25, -0.2) is 0 Å². The van der Waals surface area contributed by atoms with Crippen LogP contribution in [0.3, 0.4) is 0 Å². The topological polar surface area (TPSA) is 119 Å². The van der Waals surface area contributed by atoms with Crippen LogP contribution in [0.25, 0.3) is 0 Å². The lowest BCUT2D eigenvalue weighted by Crippen LogP contribution is -2.35. The fraction of sp³-hybridized carbons (Fsp3) is 0.417. The number of amides is 1. The average molecular weight is 435 g/mol. The second kappa shape index (κ2) is 7.05. The van der Waals surface area contributed by atoms with E-state index in [1.807, 2.05) is 12.1 Å². The minimum absolute atomic E-state index is 0.0127. The molecular weight excluding hydrogens is 410 g/mol. The van der Waals surface area contributed by atoms with Crippen molar-refractivity contribution in [2.75, 3.05) is 5.32 Å². The zero-order valence-electron chi connectivity index (χ0n) is 18.5. The molecule has 8 nitrogen and oxygen atoms in total. The maximum atomic E-state index is 13.3. The molecule has 0 radical (unpaired) electrons. The Bertz CT molecular complexity index is 1180. The van der Waals surface area contributed by atoms with Gasteiger partial charge in [-0.15, -0.1) is 4.91 Å². The number of ketones is 1. The van der Waals surface area contributed by atoms with Crippen molar-refractivity contribution in [1.82, 2.24) is 0 Å². The Morgan fingerprint density at radius 1 is 1.03 bits per heavy atom. The lowest BCUT2D eigenvalue weighted by atomic mass is 9.63. The van der Waals surface area contributed by atoms with E-state index in [2.05, 4.69) is 38.2 Å². The van der Waals surface area contributed by atoms with E-state index < -0.39 is 28.6 Å². The molecule has 2 aliphatic rings. The van der Waals surface area contributed by atoms with E-state index in [9.17, 15) is 24.6 Å². The van der Waals surface area contributed by atoms with Crippen molar-refractivity contribution in [2.45, 2.75) is 63.3 Å². The standard InChI is InChI=1S/C24H25N3O5/c1-22(2)9-10-23(3,4)17-11-14(5-7-16(17)22)20(28)13-24(26-30)18-12-15(27(31)32)6-8-19(18)25-21(24)29/h5-8,11-12H,9-10,13H2,1-4H3,(H,25,29). The summed E-state index contributed by atoms with van der Waals surface area (Å²) in [5.74, 6) is -1.17. The van der Waals surface area contributed by atoms with Crippen molar-refractivity contribution < 1.29 is 14.5 Å². The molecule has 1 aliphatic heterocycles. The monoisotopic (exact) mass is 435 g/mol. The fourth-order valence-electron chi connectivity index (χ4n) is 4.84. The van der Waals surface area contributed by atoms with E-state index in [0.717, 1.165) is 24.5 Å². The molecule has 1 unspecified atom stereocenters. The number of non-ortho nitro benzene ring substituents is 1. The van der Waals surface area contributed by atoms with Gasteiger partial charge in [0.2, 0.25) is 5.54 Å². The second-order valence-electron chi connectivity index (χ2n) is 10.0. The number of hydrogen-bond donors (Lipinski definition) is 1. The predicted molar refractivity (Wildman–Crippen MR) is 120 cm³/mol. The highest BCUT2D eigenvalue weighted by molar-refractivity contribution is 6.10. The van der Waals surface area contributed by atoms with E-state index in [0.29, 0.717) is 5.56 Å². The van der Waals surface area contributed by atoms with E-state index >= 15 is 0 Å². The van der Waals surface area contributed by atoms with Crippen LogP contribution >= 0.6 is 0 Å². The molecule has 2 aromatic rings. The number of fused-ring (bicyclic) bond motifs is 2. The number of nitroso groups, excluding NO2 is 1. The van der Waals surface area contributed by atoms with Crippen LogP contribution in [0.5, 0.6) is 0 Å². The largest absolute Gasteiger partial charge is 0.323 e. The number of Topliss-reactive ketones (excluding diaryl/α,β-unsaturated/α-hetero) is 1. The molecule has 4 rings (SSSR count). The number of rotatable bonds is 5. The van der Waals surface area contributed by atoms with Crippen LogP contribution in [0.4, 0.5) is 11.4 Å². The molecule has 0 fully saturated rings. The minimum Gasteiger partial charge on any atom is -0.323 e. The summed E-state index contributed by atoms with van der Waals surface area (Å²) >= 11 is 0. The van der Waals surface area contributed by atoms with Gasteiger partial charge in [-0.2, -0.15) is 0 Å². The molecule has 1 amide bonds. The molecular formula is C24H25N3O5. The Hall–Kier alpha value is -3.42. The molecule has 0 aromatic heterocycles. The highest BCUT2D eigenvalue weighted by Gasteiger charge is 2.51. The van der Waals surface area contributed by atoms with Gasteiger partial charge in [0.25, 0.3) is 11.6 Å². The number of nitro benzene ring substituents is 1. The van der Waals surface area contributed by atoms with Crippen LogP contribution in [-0.2, 0) is 21.2 Å². The van der Waals surface area contributed by atoms with Gasteiger partial charge in [-0.3, -0.25) is 19.7 Å². The van der Waals surface area contributed by atoms with Gasteiger partial charge in [-0.1, -0.05) is 39.8 Å². The first kappa shape index (κ1) is 21.8. The summed E-state index contributed by atoms with van der Waals surface area (Å²) in [5, 5.41) is 16.8. The molecule has 0 saturated carbocycles. The Morgan fingerprint density at radius 3 is 2.31 bits per heavy atom. The Kier molecular flexibility index (Phi) is 4.80. The van der Waals surface area contributed by atoms with Gasteiger partial charge in [0.05, 0.1) is 11.3 Å². The van der Waals surface area contributed by atoms with Crippen molar-refractivity contribution in [3.8, 4) is 0 Å². The number of nitrogens with zero attached hydrogens (tertiary/aromatic N) is 2. The molecule has 1 heterocycles. The van der Waals surface area contributed by atoms with E-state index in [-0.39, 0.29) is 27.8 Å². The third kappa shape index (κ3) is 3.21. The fourth-order valence-corrected chi connectivity index (χ4v) is 4.84. The zero-order valence-corrected chi connectivity index (χ0v) is 18.5. The van der Waals surface area contributed by atoms with Gasteiger partial charge >= 0.3 is 0 Å². The normalized spacial score (nSPS) is 22.4. The summed E-state index contributed by atoms with van der Waals surface area (Å²) in [6.45, 7) is 8.65. The quantitative estimate of drug-likeness (QED) is 0.302. The van der Waals surface area contributed by atoms with E-state index in [4.69, 9.17) is 0 Å². The summed E-state index contributed by atoms with van der Waals surface area (Å²) in [4.78, 5) is 48.5. The third-order valence-corrected chi connectivity index (χ3v) is 7.03. The van der Waals surface area contributed by atoms with Crippen molar-refractivity contribution in [1.29, 1.82) is 0 Å². The molecule has 166 valence electrons. The molecule has 32 heavy (non-hydrogen) atoms. The smallest absolute Gasteiger partial charge is 0.269 e. The van der Waals surface area contributed by atoms with Crippen LogP contribution in [0.1, 0.15) is 74.0 Å². The summed E-state index contributed by atoms with van der Waals surface area (Å²) in [5.41, 5.74) is 0.528. The average Bonchev–Trinajstić information content (AvgIpc) is 3.02. The molecule has 1 atom stereocenters. The molecule has 0 spiro atoms. The SMILES string of the molecule is CC1(C)CCC(C)(C)c2cc(C(=O)CC3(N=O)C(=O)Nc4ccc([N+](=O)[O-])cc43)ccc21. The van der Waals surface area contributed by atoms with Gasteiger partial charge in [-0.05, 0) is 52.1 Å². The molecule has 2 aromatic carbocycles. The van der Waals surface area contributed by atoms with E-state index in [1.54, 1.807) is 6.07 Å². The second-order valence-corrected chi connectivity index (χ2v) is 10.0. The summed E-state index contributed by atoms with van der Waals surface area (Å²) < 4.78 is 0. The van der Waals surface area contributed by atoms with Gasteiger partial charge in [0.15, 0.2) is 5.78 Å². The van der Waals surface area contributed by atoms with E-state index in [1.165, 1.54) is 17.7 Å². The first-order chi connectivity index (χ1) is 14.9. The Labute approximate surface area is 185 Å². The first-order valence-electron chi connectivity index (χ1n) is 10.5.